The molecule has 0 bridgehead atoms. The SMILES string of the molecule is Cc1ccc([SH]2C=C(N)C(N)=C2)cc1S(=O)(=O)O. The van der Waals surface area contributed by atoms with E-state index in [1.54, 1.807) is 13.0 Å². The summed E-state index contributed by atoms with van der Waals surface area (Å²) in [5.41, 5.74) is 12.9. The van der Waals surface area contributed by atoms with Crippen molar-refractivity contribution in [1.82, 2.24) is 0 Å². The van der Waals surface area contributed by atoms with Gasteiger partial charge in [0, 0.05) is 0 Å². The highest BCUT2D eigenvalue weighted by molar-refractivity contribution is 8.22. The van der Waals surface area contributed by atoms with Crippen molar-refractivity contribution in [3.05, 3.63) is 46.0 Å². The van der Waals surface area contributed by atoms with Gasteiger partial charge < -0.3 is 11.5 Å². The first-order valence-electron chi connectivity index (χ1n) is 5.10. The smallest absolute Gasteiger partial charge is 0.294 e. The van der Waals surface area contributed by atoms with Gasteiger partial charge in [-0.15, -0.1) is 0 Å². The summed E-state index contributed by atoms with van der Waals surface area (Å²) in [5.74, 6) is 0. The van der Waals surface area contributed by atoms with Crippen LogP contribution in [0.2, 0.25) is 0 Å². The molecule has 7 heteroatoms. The van der Waals surface area contributed by atoms with Crippen LogP contribution in [0.4, 0.5) is 0 Å². The molecular formula is C11H14N2O3S2. The fraction of sp³-hybridized carbons (Fsp3) is 0.0909. The number of benzene rings is 1. The Morgan fingerprint density at radius 1 is 1.17 bits per heavy atom. The molecule has 98 valence electrons. The third kappa shape index (κ3) is 2.38. The summed E-state index contributed by atoms with van der Waals surface area (Å²) < 4.78 is 31.6. The van der Waals surface area contributed by atoms with Crippen LogP contribution < -0.4 is 11.5 Å². The predicted octanol–water partition coefficient (Wildman–Crippen LogP) is 1.22. The molecule has 0 aliphatic carbocycles. The lowest BCUT2D eigenvalue weighted by molar-refractivity contribution is 0.482. The lowest BCUT2D eigenvalue weighted by atomic mass is 10.2. The molecule has 2 rings (SSSR count). The zero-order chi connectivity index (χ0) is 13.5. The molecular weight excluding hydrogens is 272 g/mol. The van der Waals surface area contributed by atoms with Crippen LogP contribution in [0.25, 0.3) is 0 Å². The molecule has 0 aromatic heterocycles. The first-order chi connectivity index (χ1) is 8.29. The summed E-state index contributed by atoms with van der Waals surface area (Å²) in [5, 5.41) is 3.62. The lowest BCUT2D eigenvalue weighted by Gasteiger charge is -2.12. The summed E-state index contributed by atoms with van der Waals surface area (Å²) in [6.07, 6.45) is 0. The average molecular weight is 286 g/mol. The van der Waals surface area contributed by atoms with Gasteiger partial charge in [-0.05, 0) is 40.3 Å². The predicted molar refractivity (Wildman–Crippen MR) is 72.8 cm³/mol. The van der Waals surface area contributed by atoms with Crippen LogP contribution in [0.3, 0.4) is 0 Å². The van der Waals surface area contributed by atoms with Crippen LogP contribution in [-0.4, -0.2) is 13.0 Å². The maximum atomic E-state index is 11.2. The minimum absolute atomic E-state index is 0.0756. The third-order valence-electron chi connectivity index (χ3n) is 2.64. The van der Waals surface area contributed by atoms with Gasteiger partial charge in [-0.25, -0.2) is 0 Å². The van der Waals surface area contributed by atoms with Crippen LogP contribution in [-0.2, 0) is 10.1 Å². The normalized spacial score (nSPS) is 17.6. The van der Waals surface area contributed by atoms with Gasteiger partial charge in [0.05, 0.1) is 16.3 Å². The molecule has 5 nitrogen and oxygen atoms in total. The summed E-state index contributed by atoms with van der Waals surface area (Å²) in [4.78, 5) is 0.708. The molecule has 1 aliphatic rings. The Morgan fingerprint density at radius 2 is 1.72 bits per heavy atom. The number of hydrogen-bond acceptors (Lipinski definition) is 4. The maximum absolute atomic E-state index is 11.2. The lowest BCUT2D eigenvalue weighted by Crippen LogP contribution is -2.05. The number of thiol groups is 1. The second-order valence-electron chi connectivity index (χ2n) is 4.00. The van der Waals surface area contributed by atoms with E-state index in [1.807, 2.05) is 16.9 Å². The van der Waals surface area contributed by atoms with E-state index in [0.29, 0.717) is 17.0 Å². The molecule has 0 amide bonds. The Bertz CT molecular complexity index is 645. The maximum Gasteiger partial charge on any atom is 0.294 e. The largest absolute Gasteiger partial charge is 0.397 e. The number of rotatable bonds is 2. The zero-order valence-electron chi connectivity index (χ0n) is 9.66. The number of nitrogens with two attached hydrogens (primary N) is 2. The standard InChI is InChI=1S/C11H14N2O3S2/c1-7-2-3-8(4-11(7)18(14,15)16)17-5-9(12)10(13)6-17/h2-6,17H,12-13H2,1H3,(H,14,15,16). The fourth-order valence-electron chi connectivity index (χ4n) is 1.66. The Labute approximate surface area is 108 Å². The monoisotopic (exact) mass is 286 g/mol. The van der Waals surface area contributed by atoms with Gasteiger partial charge in [0.2, 0.25) is 0 Å². The van der Waals surface area contributed by atoms with Crippen LogP contribution >= 0.6 is 10.9 Å². The fourth-order valence-corrected chi connectivity index (χ4v) is 4.30. The van der Waals surface area contributed by atoms with Crippen molar-refractivity contribution >= 4 is 21.0 Å². The Morgan fingerprint density at radius 3 is 2.22 bits per heavy atom. The summed E-state index contributed by atoms with van der Waals surface area (Å²) >= 11 is 0. The minimum atomic E-state index is -4.21. The summed E-state index contributed by atoms with van der Waals surface area (Å²) in [6.45, 7) is 1.63. The molecule has 0 atom stereocenters. The van der Waals surface area contributed by atoms with Gasteiger partial charge in [-0.1, -0.05) is 6.07 Å². The van der Waals surface area contributed by atoms with Crippen molar-refractivity contribution in [1.29, 1.82) is 0 Å². The molecule has 0 saturated heterocycles. The molecule has 18 heavy (non-hydrogen) atoms. The Kier molecular flexibility index (Phi) is 3.14. The van der Waals surface area contributed by atoms with Crippen molar-refractivity contribution < 1.29 is 13.0 Å². The van der Waals surface area contributed by atoms with Crippen molar-refractivity contribution in [3.63, 3.8) is 0 Å². The summed E-state index contributed by atoms with van der Waals surface area (Å²) in [7, 11) is -5.05. The van der Waals surface area contributed by atoms with E-state index in [-0.39, 0.29) is 4.90 Å². The zero-order valence-corrected chi connectivity index (χ0v) is 11.4. The molecule has 1 aromatic carbocycles. The molecule has 0 fully saturated rings. The van der Waals surface area contributed by atoms with Gasteiger partial charge in [-0.2, -0.15) is 19.3 Å². The molecule has 0 radical (unpaired) electrons. The molecule has 0 saturated carbocycles. The van der Waals surface area contributed by atoms with Crippen LogP contribution in [0.1, 0.15) is 5.56 Å². The van der Waals surface area contributed by atoms with Gasteiger partial charge in [0.25, 0.3) is 10.1 Å². The Balaban J connectivity index is 2.50. The third-order valence-corrected chi connectivity index (χ3v) is 5.62. The minimum Gasteiger partial charge on any atom is -0.397 e. The molecule has 1 heterocycles. The van der Waals surface area contributed by atoms with Crippen molar-refractivity contribution in [2.75, 3.05) is 0 Å². The van der Waals surface area contributed by atoms with E-state index >= 15 is 0 Å². The van der Waals surface area contributed by atoms with E-state index < -0.39 is 21.0 Å². The highest BCUT2D eigenvalue weighted by atomic mass is 32.2. The number of hydrogen-bond donors (Lipinski definition) is 4. The van der Waals surface area contributed by atoms with Gasteiger partial charge in [-0.3, -0.25) is 4.55 Å². The highest BCUT2D eigenvalue weighted by Crippen LogP contribution is 2.45. The first-order valence-corrected chi connectivity index (χ1v) is 8.02. The second kappa shape index (κ2) is 4.34. The molecule has 0 unspecified atom stereocenters. The molecule has 1 aromatic rings. The molecule has 0 spiro atoms. The van der Waals surface area contributed by atoms with E-state index in [2.05, 4.69) is 0 Å². The Hall–Kier alpha value is -1.44. The topological polar surface area (TPSA) is 106 Å². The van der Waals surface area contributed by atoms with Gasteiger partial charge in [0.15, 0.2) is 0 Å². The van der Waals surface area contributed by atoms with Crippen molar-refractivity contribution in [3.8, 4) is 0 Å². The highest BCUT2D eigenvalue weighted by Gasteiger charge is 2.17. The van der Waals surface area contributed by atoms with Gasteiger partial charge in [0.1, 0.15) is 0 Å². The number of aryl methyl sites for hydroxylation is 1. The van der Waals surface area contributed by atoms with Crippen molar-refractivity contribution in [2.45, 2.75) is 16.7 Å². The molecule has 5 N–H and O–H groups in total. The van der Waals surface area contributed by atoms with Crippen molar-refractivity contribution in [2.24, 2.45) is 11.5 Å². The van der Waals surface area contributed by atoms with Crippen LogP contribution in [0.5, 0.6) is 0 Å². The second-order valence-corrected chi connectivity index (χ2v) is 7.24. The van der Waals surface area contributed by atoms with E-state index in [4.69, 9.17) is 16.0 Å². The summed E-state index contributed by atoms with van der Waals surface area (Å²) in [6, 6.07) is 4.94. The first kappa shape index (κ1) is 13.0. The molecule has 1 aliphatic heterocycles. The van der Waals surface area contributed by atoms with E-state index in [1.165, 1.54) is 6.07 Å². The van der Waals surface area contributed by atoms with Crippen LogP contribution in [0, 0.1) is 6.92 Å². The van der Waals surface area contributed by atoms with Crippen LogP contribution in [0.15, 0.2) is 50.2 Å². The van der Waals surface area contributed by atoms with Gasteiger partial charge >= 0.3 is 0 Å². The van der Waals surface area contributed by atoms with E-state index in [9.17, 15) is 8.42 Å². The van der Waals surface area contributed by atoms with E-state index in [0.717, 1.165) is 4.90 Å². The average Bonchev–Trinajstić information content (AvgIpc) is 2.58. The quantitative estimate of drug-likeness (QED) is 0.483.